The molecule has 3 aromatic rings. The number of nitrogens with one attached hydrogen (secondary N) is 1. The van der Waals surface area contributed by atoms with E-state index < -0.39 is 12.5 Å². The number of amides is 1. The third-order valence-electron chi connectivity index (χ3n) is 4.62. The topological polar surface area (TPSA) is 56.1 Å². The number of carbonyl (C=O) groups excluding carboxylic acids is 1. The van der Waals surface area contributed by atoms with E-state index in [0.29, 0.717) is 17.8 Å². The fourth-order valence-electron chi connectivity index (χ4n) is 3.38. The summed E-state index contributed by atoms with van der Waals surface area (Å²) in [6.07, 6.45) is 2.36. The number of anilines is 1. The predicted molar refractivity (Wildman–Crippen MR) is 102 cm³/mol. The minimum atomic E-state index is -2.99. The van der Waals surface area contributed by atoms with E-state index in [2.05, 4.69) is 15.2 Å². The van der Waals surface area contributed by atoms with Crippen molar-refractivity contribution in [3.05, 3.63) is 70.3 Å². The van der Waals surface area contributed by atoms with Gasteiger partial charge in [0.2, 0.25) is 0 Å². The molecular formula is C20H15ClF3N3O2. The summed E-state index contributed by atoms with van der Waals surface area (Å²) < 4.78 is 43.9. The second-order valence-electron chi connectivity index (χ2n) is 6.49. The van der Waals surface area contributed by atoms with Gasteiger partial charge < -0.3 is 10.1 Å². The number of nitrogens with zero attached hydrogens (tertiary/aromatic N) is 2. The number of ether oxygens (including phenoxy) is 1. The first kappa shape index (κ1) is 19.3. The Hall–Kier alpha value is -3.00. The number of hydrogen-bond donors (Lipinski definition) is 1. The summed E-state index contributed by atoms with van der Waals surface area (Å²) in [5, 5.41) is 7.06. The molecule has 1 N–H and O–H groups in total. The van der Waals surface area contributed by atoms with E-state index in [1.807, 2.05) is 0 Å². The number of benzene rings is 2. The number of carbonyl (C=O) groups is 1. The Kier molecular flexibility index (Phi) is 5.19. The van der Waals surface area contributed by atoms with Gasteiger partial charge in [0.15, 0.2) is 5.69 Å². The van der Waals surface area contributed by atoms with E-state index >= 15 is 0 Å². The zero-order chi connectivity index (χ0) is 20.5. The summed E-state index contributed by atoms with van der Waals surface area (Å²) in [6, 6.07) is 9.87. The number of halogens is 4. The molecule has 0 bridgehead atoms. The Labute approximate surface area is 169 Å². The first-order valence-corrected chi connectivity index (χ1v) is 9.22. The first-order valence-electron chi connectivity index (χ1n) is 8.85. The molecule has 0 saturated carbocycles. The Morgan fingerprint density at radius 1 is 1.17 bits per heavy atom. The molecule has 1 aliphatic rings. The number of fused-ring (bicyclic) bond motifs is 1. The molecule has 0 fully saturated rings. The molecule has 0 unspecified atom stereocenters. The standard InChI is InChI=1S/C20H15ClF3N3O2/c21-15-10-12(6-9-17(15)29-20(23)24)25-19(28)18-14-2-1-3-16(14)27(26-18)13-7-4-11(22)5-8-13/h4-10,20H,1-3H2,(H,25,28). The van der Waals surface area contributed by atoms with Crippen molar-refractivity contribution < 1.29 is 22.7 Å². The second-order valence-corrected chi connectivity index (χ2v) is 6.90. The molecule has 0 atom stereocenters. The van der Waals surface area contributed by atoms with Crippen LogP contribution in [0.25, 0.3) is 5.69 Å². The number of hydrogen-bond acceptors (Lipinski definition) is 3. The molecule has 5 nitrogen and oxygen atoms in total. The van der Waals surface area contributed by atoms with Gasteiger partial charge in [0.1, 0.15) is 11.6 Å². The van der Waals surface area contributed by atoms with Crippen molar-refractivity contribution in [2.45, 2.75) is 25.9 Å². The maximum absolute atomic E-state index is 13.2. The Morgan fingerprint density at radius 2 is 1.93 bits per heavy atom. The van der Waals surface area contributed by atoms with Gasteiger partial charge in [-0.15, -0.1) is 0 Å². The lowest BCUT2D eigenvalue weighted by Crippen LogP contribution is -2.15. The van der Waals surface area contributed by atoms with Crippen LogP contribution in [-0.4, -0.2) is 22.3 Å². The average molecular weight is 422 g/mol. The van der Waals surface area contributed by atoms with Crippen LogP contribution in [0, 0.1) is 5.82 Å². The molecule has 1 amide bonds. The fourth-order valence-corrected chi connectivity index (χ4v) is 3.60. The molecule has 1 heterocycles. The van der Waals surface area contributed by atoms with Crippen molar-refractivity contribution in [1.29, 1.82) is 0 Å². The van der Waals surface area contributed by atoms with Crippen LogP contribution in [0.15, 0.2) is 42.5 Å². The summed E-state index contributed by atoms with van der Waals surface area (Å²) >= 11 is 5.93. The zero-order valence-electron chi connectivity index (χ0n) is 15.0. The molecule has 29 heavy (non-hydrogen) atoms. The molecule has 2 aromatic carbocycles. The molecule has 0 radical (unpaired) electrons. The molecule has 1 aromatic heterocycles. The minimum Gasteiger partial charge on any atom is -0.433 e. The molecular weight excluding hydrogens is 407 g/mol. The van der Waals surface area contributed by atoms with E-state index in [1.54, 1.807) is 16.8 Å². The summed E-state index contributed by atoms with van der Waals surface area (Å²) in [4.78, 5) is 12.8. The zero-order valence-corrected chi connectivity index (χ0v) is 15.7. The van der Waals surface area contributed by atoms with E-state index in [-0.39, 0.29) is 22.3 Å². The lowest BCUT2D eigenvalue weighted by Gasteiger charge is -2.09. The fraction of sp³-hybridized carbons (Fsp3) is 0.200. The van der Waals surface area contributed by atoms with Gasteiger partial charge in [0.25, 0.3) is 5.91 Å². The van der Waals surface area contributed by atoms with Gasteiger partial charge in [-0.2, -0.15) is 13.9 Å². The highest BCUT2D eigenvalue weighted by Crippen LogP contribution is 2.31. The first-order chi connectivity index (χ1) is 13.9. The van der Waals surface area contributed by atoms with Crippen molar-refractivity contribution in [2.24, 2.45) is 0 Å². The largest absolute Gasteiger partial charge is 0.433 e. The molecule has 4 rings (SSSR count). The van der Waals surface area contributed by atoms with Crippen molar-refractivity contribution >= 4 is 23.2 Å². The maximum atomic E-state index is 13.2. The van der Waals surface area contributed by atoms with Gasteiger partial charge in [0.05, 0.1) is 10.7 Å². The van der Waals surface area contributed by atoms with Crippen molar-refractivity contribution in [3.8, 4) is 11.4 Å². The maximum Gasteiger partial charge on any atom is 0.387 e. The third-order valence-corrected chi connectivity index (χ3v) is 4.92. The highest BCUT2D eigenvalue weighted by molar-refractivity contribution is 6.32. The van der Waals surface area contributed by atoms with E-state index in [0.717, 1.165) is 24.1 Å². The third kappa shape index (κ3) is 3.93. The average Bonchev–Trinajstić information content (AvgIpc) is 3.27. The van der Waals surface area contributed by atoms with Crippen LogP contribution in [0.3, 0.4) is 0 Å². The predicted octanol–water partition coefficient (Wildman–Crippen LogP) is 5.01. The normalized spacial score (nSPS) is 12.9. The van der Waals surface area contributed by atoms with Crippen molar-refractivity contribution in [2.75, 3.05) is 5.32 Å². The van der Waals surface area contributed by atoms with Crippen LogP contribution < -0.4 is 10.1 Å². The molecule has 0 aliphatic heterocycles. The van der Waals surface area contributed by atoms with Crippen LogP contribution in [0.1, 0.15) is 28.2 Å². The smallest absolute Gasteiger partial charge is 0.387 e. The SMILES string of the molecule is O=C(Nc1ccc(OC(F)F)c(Cl)c1)c1nn(-c2ccc(F)cc2)c2c1CCC2. The van der Waals surface area contributed by atoms with Gasteiger partial charge in [0, 0.05) is 16.9 Å². The van der Waals surface area contributed by atoms with Gasteiger partial charge in [-0.1, -0.05) is 11.6 Å². The highest BCUT2D eigenvalue weighted by Gasteiger charge is 2.27. The molecule has 0 saturated heterocycles. The summed E-state index contributed by atoms with van der Waals surface area (Å²) in [5.41, 5.74) is 3.02. The Morgan fingerprint density at radius 3 is 2.62 bits per heavy atom. The van der Waals surface area contributed by atoms with Crippen molar-refractivity contribution in [3.63, 3.8) is 0 Å². The number of aromatic nitrogens is 2. The molecule has 0 spiro atoms. The van der Waals surface area contributed by atoms with Crippen LogP contribution >= 0.6 is 11.6 Å². The summed E-state index contributed by atoms with van der Waals surface area (Å²) in [5.74, 6) is -0.976. The summed E-state index contributed by atoms with van der Waals surface area (Å²) in [7, 11) is 0. The van der Waals surface area contributed by atoms with E-state index in [1.165, 1.54) is 30.3 Å². The second kappa shape index (κ2) is 7.79. The van der Waals surface area contributed by atoms with E-state index in [4.69, 9.17) is 11.6 Å². The van der Waals surface area contributed by atoms with E-state index in [9.17, 15) is 18.0 Å². The van der Waals surface area contributed by atoms with Crippen LogP contribution in [0.5, 0.6) is 5.75 Å². The Balaban J connectivity index is 1.60. The number of alkyl halides is 2. The Bertz CT molecular complexity index is 1070. The number of rotatable bonds is 5. The summed E-state index contributed by atoms with van der Waals surface area (Å²) in [6.45, 7) is -2.99. The lowest BCUT2D eigenvalue weighted by molar-refractivity contribution is -0.0497. The molecule has 1 aliphatic carbocycles. The lowest BCUT2D eigenvalue weighted by atomic mass is 10.2. The van der Waals surface area contributed by atoms with Gasteiger partial charge in [-0.05, 0) is 61.7 Å². The van der Waals surface area contributed by atoms with Gasteiger partial charge in [-0.25, -0.2) is 9.07 Å². The minimum absolute atomic E-state index is 0.0508. The van der Waals surface area contributed by atoms with Crippen molar-refractivity contribution in [1.82, 2.24) is 9.78 Å². The molecule has 150 valence electrons. The van der Waals surface area contributed by atoms with Gasteiger partial charge >= 0.3 is 6.61 Å². The van der Waals surface area contributed by atoms with Crippen LogP contribution in [0.4, 0.5) is 18.9 Å². The van der Waals surface area contributed by atoms with Crippen LogP contribution in [0.2, 0.25) is 5.02 Å². The highest BCUT2D eigenvalue weighted by atomic mass is 35.5. The monoisotopic (exact) mass is 421 g/mol. The van der Waals surface area contributed by atoms with Gasteiger partial charge in [-0.3, -0.25) is 4.79 Å². The quantitative estimate of drug-likeness (QED) is 0.630. The van der Waals surface area contributed by atoms with Crippen LogP contribution in [-0.2, 0) is 12.8 Å². The molecule has 9 heteroatoms.